The number of rotatable bonds is 5. The topological polar surface area (TPSA) is 79.7 Å². The Hall–Kier alpha value is -3.65. The fourth-order valence-electron chi connectivity index (χ4n) is 5.93. The van der Waals surface area contributed by atoms with E-state index in [1.54, 1.807) is 0 Å². The fourth-order valence-corrected chi connectivity index (χ4v) is 5.93. The summed E-state index contributed by atoms with van der Waals surface area (Å²) in [7, 11) is 0. The Morgan fingerprint density at radius 3 is 2.54 bits per heavy atom. The van der Waals surface area contributed by atoms with E-state index in [1.807, 2.05) is 35.9 Å². The van der Waals surface area contributed by atoms with Gasteiger partial charge in [-0.2, -0.15) is 0 Å². The van der Waals surface area contributed by atoms with Crippen molar-refractivity contribution in [2.45, 2.75) is 58.0 Å². The van der Waals surface area contributed by atoms with Crippen molar-refractivity contribution < 1.29 is 4.39 Å². The van der Waals surface area contributed by atoms with E-state index in [2.05, 4.69) is 44.5 Å². The lowest BCUT2D eigenvalue weighted by Crippen LogP contribution is -2.38. The molecule has 1 N–H and O–H groups in total. The highest BCUT2D eigenvalue weighted by molar-refractivity contribution is 5.85. The van der Waals surface area contributed by atoms with Gasteiger partial charge in [0, 0.05) is 24.0 Å². The molecule has 0 saturated heterocycles. The summed E-state index contributed by atoms with van der Waals surface area (Å²) in [6.07, 6.45) is 7.39. The van der Waals surface area contributed by atoms with Crippen molar-refractivity contribution in [3.63, 3.8) is 0 Å². The van der Waals surface area contributed by atoms with E-state index < -0.39 is 0 Å². The molecule has 3 heterocycles. The molecule has 1 atom stereocenters. The van der Waals surface area contributed by atoms with Crippen LogP contribution in [0, 0.1) is 19.7 Å². The third-order valence-corrected chi connectivity index (χ3v) is 8.02. The first-order chi connectivity index (χ1) is 18.0. The smallest absolute Gasteiger partial charge is 0.253 e. The van der Waals surface area contributed by atoms with Gasteiger partial charge in [0.05, 0.1) is 11.6 Å². The second kappa shape index (κ2) is 9.67. The second-order valence-electron chi connectivity index (χ2n) is 10.3. The molecule has 0 amide bonds. The zero-order valence-corrected chi connectivity index (χ0v) is 21.2. The third-order valence-electron chi connectivity index (χ3n) is 8.02. The predicted molar refractivity (Wildman–Crippen MR) is 142 cm³/mol. The zero-order chi connectivity index (χ0) is 25.5. The van der Waals surface area contributed by atoms with E-state index in [1.165, 1.54) is 17.7 Å². The number of nitrogens with zero attached hydrogens (tertiary/aromatic N) is 5. The molecule has 0 spiro atoms. The zero-order valence-electron chi connectivity index (χ0n) is 21.2. The summed E-state index contributed by atoms with van der Waals surface area (Å²) in [5, 5.41) is 14.0. The van der Waals surface area contributed by atoms with Crippen LogP contribution in [0.2, 0.25) is 0 Å². The Kier molecular flexibility index (Phi) is 6.20. The van der Waals surface area contributed by atoms with Crippen LogP contribution >= 0.6 is 0 Å². The van der Waals surface area contributed by atoms with Crippen LogP contribution in [0.1, 0.15) is 72.3 Å². The standard InChI is InChI=1S/C29H31FN6O/c1-18-7-8-19(2)26-24(18)17-25(29(37)31-26)27(28-32-33-34-36(28)23-5-3-4-6-23)35-15-13-21(14-16-35)20-9-11-22(30)12-10-20/h7-13,17,23,27H,3-6,14-16H2,1-2H3,(H,31,37)/t27-/m1/s1. The number of fused-ring (bicyclic) bond motifs is 1. The van der Waals surface area contributed by atoms with Crippen LogP contribution in [0.25, 0.3) is 16.5 Å². The van der Waals surface area contributed by atoms with Gasteiger partial charge in [-0.3, -0.25) is 9.69 Å². The van der Waals surface area contributed by atoms with Crippen molar-refractivity contribution in [3.8, 4) is 0 Å². The van der Waals surface area contributed by atoms with Gasteiger partial charge in [-0.15, -0.1) is 5.10 Å². The first-order valence-corrected chi connectivity index (χ1v) is 13.1. The summed E-state index contributed by atoms with van der Waals surface area (Å²) in [6, 6.07) is 12.7. The lowest BCUT2D eigenvalue weighted by atomic mass is 9.95. The summed E-state index contributed by atoms with van der Waals surface area (Å²) in [5.74, 6) is 0.488. The highest BCUT2D eigenvalue weighted by atomic mass is 19.1. The van der Waals surface area contributed by atoms with Gasteiger partial charge < -0.3 is 4.98 Å². The molecule has 1 aliphatic heterocycles. The van der Waals surface area contributed by atoms with E-state index in [-0.39, 0.29) is 23.5 Å². The summed E-state index contributed by atoms with van der Waals surface area (Å²) >= 11 is 0. The molecule has 190 valence electrons. The Morgan fingerprint density at radius 1 is 1.05 bits per heavy atom. The minimum Gasteiger partial charge on any atom is -0.321 e. The fraction of sp³-hybridized carbons (Fsp3) is 0.379. The number of aromatic nitrogens is 5. The van der Waals surface area contributed by atoms with Crippen molar-refractivity contribution in [3.05, 3.63) is 92.8 Å². The lowest BCUT2D eigenvalue weighted by molar-refractivity contribution is 0.229. The Bertz CT molecular complexity index is 1530. The van der Waals surface area contributed by atoms with Crippen LogP contribution < -0.4 is 5.56 Å². The average molecular weight is 499 g/mol. The predicted octanol–water partition coefficient (Wildman–Crippen LogP) is 5.26. The molecule has 4 aromatic rings. The number of pyridine rings is 1. The van der Waals surface area contributed by atoms with Crippen LogP contribution in [0.4, 0.5) is 4.39 Å². The van der Waals surface area contributed by atoms with Gasteiger partial charge in [-0.25, -0.2) is 9.07 Å². The minimum atomic E-state index is -0.380. The normalized spacial score (nSPS) is 17.9. The van der Waals surface area contributed by atoms with Crippen LogP contribution in [-0.4, -0.2) is 43.2 Å². The average Bonchev–Trinajstić information content (AvgIpc) is 3.61. The number of aromatic amines is 1. The molecular weight excluding hydrogens is 467 g/mol. The highest BCUT2D eigenvalue weighted by Gasteiger charge is 2.34. The quantitative estimate of drug-likeness (QED) is 0.406. The molecule has 0 unspecified atom stereocenters. The maximum Gasteiger partial charge on any atom is 0.253 e. The van der Waals surface area contributed by atoms with Crippen molar-refractivity contribution in [1.29, 1.82) is 0 Å². The van der Waals surface area contributed by atoms with Gasteiger partial charge >= 0.3 is 0 Å². The molecule has 7 nitrogen and oxygen atoms in total. The molecule has 1 saturated carbocycles. The van der Waals surface area contributed by atoms with Crippen molar-refractivity contribution in [2.75, 3.05) is 13.1 Å². The SMILES string of the molecule is Cc1ccc(C)c2[nH]c(=O)c([C@H](c3nnnn3C3CCCC3)N3CC=C(c4ccc(F)cc4)CC3)cc12. The van der Waals surface area contributed by atoms with E-state index in [0.717, 1.165) is 72.1 Å². The second-order valence-corrected chi connectivity index (χ2v) is 10.3. The largest absolute Gasteiger partial charge is 0.321 e. The lowest BCUT2D eigenvalue weighted by Gasteiger charge is -2.34. The summed E-state index contributed by atoms with van der Waals surface area (Å²) in [6.45, 7) is 5.46. The van der Waals surface area contributed by atoms with Gasteiger partial charge in [-0.05, 0) is 84.0 Å². The molecule has 1 fully saturated rings. The molecule has 1 aliphatic carbocycles. The summed E-state index contributed by atoms with van der Waals surface area (Å²) in [5.41, 5.74) is 5.80. The third kappa shape index (κ3) is 4.39. The molecule has 0 bridgehead atoms. The van der Waals surface area contributed by atoms with Crippen LogP contribution in [-0.2, 0) is 0 Å². The molecular formula is C29H31FN6O. The monoisotopic (exact) mass is 498 g/mol. The molecule has 37 heavy (non-hydrogen) atoms. The van der Waals surface area contributed by atoms with Crippen molar-refractivity contribution >= 4 is 16.5 Å². The number of tetrazole rings is 1. The Morgan fingerprint density at radius 2 is 1.81 bits per heavy atom. The van der Waals surface area contributed by atoms with E-state index in [0.29, 0.717) is 12.1 Å². The van der Waals surface area contributed by atoms with E-state index in [9.17, 15) is 9.18 Å². The first-order valence-electron chi connectivity index (χ1n) is 13.1. The number of halogens is 1. The molecule has 0 radical (unpaired) electrons. The first kappa shape index (κ1) is 23.7. The maximum absolute atomic E-state index is 13.6. The van der Waals surface area contributed by atoms with Gasteiger partial charge in [0.25, 0.3) is 5.56 Å². The number of H-pyrrole nitrogens is 1. The van der Waals surface area contributed by atoms with Gasteiger partial charge in [-0.1, -0.05) is 43.2 Å². The summed E-state index contributed by atoms with van der Waals surface area (Å²) < 4.78 is 15.4. The van der Waals surface area contributed by atoms with Crippen molar-refractivity contribution in [1.82, 2.24) is 30.1 Å². The number of benzene rings is 2. The molecule has 8 heteroatoms. The van der Waals surface area contributed by atoms with Gasteiger partial charge in [0.2, 0.25) is 0 Å². The number of hydrogen-bond donors (Lipinski definition) is 1. The molecule has 2 aliphatic rings. The minimum absolute atomic E-state index is 0.111. The number of hydrogen-bond acceptors (Lipinski definition) is 5. The maximum atomic E-state index is 13.6. The van der Waals surface area contributed by atoms with Gasteiger partial charge in [0.1, 0.15) is 11.9 Å². The number of nitrogens with one attached hydrogen (secondary N) is 1. The molecule has 6 rings (SSSR count). The van der Waals surface area contributed by atoms with Gasteiger partial charge in [0.15, 0.2) is 5.82 Å². The van der Waals surface area contributed by atoms with E-state index >= 15 is 0 Å². The van der Waals surface area contributed by atoms with Crippen molar-refractivity contribution in [2.24, 2.45) is 0 Å². The summed E-state index contributed by atoms with van der Waals surface area (Å²) in [4.78, 5) is 19.1. The number of aryl methyl sites for hydroxylation is 2. The highest BCUT2D eigenvalue weighted by Crippen LogP contribution is 2.36. The van der Waals surface area contributed by atoms with Crippen LogP contribution in [0.3, 0.4) is 0 Å². The Balaban J connectivity index is 1.45. The Labute approximate surface area is 215 Å². The molecule has 2 aromatic carbocycles. The van der Waals surface area contributed by atoms with E-state index in [4.69, 9.17) is 0 Å². The van der Waals surface area contributed by atoms with Crippen LogP contribution in [0.5, 0.6) is 0 Å². The molecule has 2 aromatic heterocycles. The van der Waals surface area contributed by atoms with Crippen LogP contribution in [0.15, 0.2) is 53.3 Å².